The van der Waals surface area contributed by atoms with Crippen LogP contribution in [0.5, 0.6) is 0 Å². The van der Waals surface area contributed by atoms with E-state index in [-0.39, 0.29) is 37.2 Å². The van der Waals surface area contributed by atoms with E-state index < -0.39 is 0 Å². The van der Waals surface area contributed by atoms with Crippen LogP contribution < -0.4 is 5.73 Å². The van der Waals surface area contributed by atoms with Gasteiger partial charge in [-0.1, -0.05) is 19.3 Å². The first-order valence-electron chi connectivity index (χ1n) is 10.9. The van der Waals surface area contributed by atoms with Gasteiger partial charge in [-0.3, -0.25) is 0 Å². The van der Waals surface area contributed by atoms with E-state index in [0.29, 0.717) is 11.5 Å². The lowest BCUT2D eigenvalue weighted by atomic mass is 9.77. The van der Waals surface area contributed by atoms with Crippen LogP contribution in [0.15, 0.2) is 0 Å². The van der Waals surface area contributed by atoms with Gasteiger partial charge < -0.3 is 15.5 Å². The van der Waals surface area contributed by atoms with E-state index >= 15 is 0 Å². The predicted octanol–water partition coefficient (Wildman–Crippen LogP) is 4.89. The van der Waals surface area contributed by atoms with Crippen LogP contribution in [0.2, 0.25) is 0 Å². The minimum atomic E-state index is 0. The van der Waals surface area contributed by atoms with E-state index in [4.69, 9.17) is 5.73 Å². The van der Waals surface area contributed by atoms with E-state index in [2.05, 4.69) is 9.80 Å². The summed E-state index contributed by atoms with van der Waals surface area (Å²) in [5, 5.41) is 0. The first-order chi connectivity index (χ1) is 11.7. The molecule has 1 spiro atoms. The molecule has 2 N–H and O–H groups in total. The molecule has 3 nitrogen and oxygen atoms in total. The lowest BCUT2D eigenvalue weighted by molar-refractivity contribution is 0.0603. The van der Waals surface area contributed by atoms with Gasteiger partial charge in [0.15, 0.2) is 0 Å². The van der Waals surface area contributed by atoms with Gasteiger partial charge in [-0.15, -0.1) is 37.2 Å². The van der Waals surface area contributed by atoms with Gasteiger partial charge in [0.2, 0.25) is 0 Å². The number of rotatable bonds is 3. The average Bonchev–Trinajstić information content (AvgIpc) is 3.01. The van der Waals surface area contributed by atoms with Gasteiger partial charge in [-0.05, 0) is 88.8 Å². The third-order valence-corrected chi connectivity index (χ3v) is 7.87. The van der Waals surface area contributed by atoms with Crippen LogP contribution in [-0.4, -0.2) is 54.6 Å². The fraction of sp³-hybridized carbons (Fsp3) is 1.00. The van der Waals surface area contributed by atoms with E-state index in [1.807, 2.05) is 0 Å². The third-order valence-electron chi connectivity index (χ3n) is 7.87. The maximum absolute atomic E-state index is 6.07. The molecule has 2 aliphatic heterocycles. The van der Waals surface area contributed by atoms with Gasteiger partial charge in [0.25, 0.3) is 0 Å². The first-order valence-corrected chi connectivity index (χ1v) is 10.9. The number of hydrogen-bond donors (Lipinski definition) is 1. The summed E-state index contributed by atoms with van der Waals surface area (Å²) in [6, 6.07) is 1.43. The minimum absolute atomic E-state index is 0. The number of halogens is 3. The summed E-state index contributed by atoms with van der Waals surface area (Å²) < 4.78 is 0. The quantitative estimate of drug-likeness (QED) is 0.675. The van der Waals surface area contributed by atoms with Crippen LogP contribution >= 0.6 is 37.2 Å². The highest BCUT2D eigenvalue weighted by molar-refractivity contribution is 5.86. The van der Waals surface area contributed by atoms with E-state index in [1.54, 1.807) is 0 Å². The molecule has 4 fully saturated rings. The summed E-state index contributed by atoms with van der Waals surface area (Å²) >= 11 is 0. The van der Waals surface area contributed by atoms with Gasteiger partial charge in [0, 0.05) is 25.2 Å². The largest absolute Gasteiger partial charge is 0.328 e. The summed E-state index contributed by atoms with van der Waals surface area (Å²) in [6.45, 7) is 6.90. The molecule has 0 bridgehead atoms. The van der Waals surface area contributed by atoms with Gasteiger partial charge >= 0.3 is 0 Å². The van der Waals surface area contributed by atoms with Gasteiger partial charge in [0.1, 0.15) is 0 Å². The Balaban J connectivity index is 0.00000121. The number of hydrogen-bond acceptors (Lipinski definition) is 3. The molecule has 0 aromatic carbocycles. The molecule has 162 valence electrons. The maximum Gasteiger partial charge on any atom is 0.00952 e. The summed E-state index contributed by atoms with van der Waals surface area (Å²) in [6.07, 6.45) is 17.1. The molecule has 0 aromatic rings. The summed E-state index contributed by atoms with van der Waals surface area (Å²) in [5.41, 5.74) is 6.75. The summed E-state index contributed by atoms with van der Waals surface area (Å²) in [5.74, 6) is 0.933. The van der Waals surface area contributed by atoms with Crippen molar-refractivity contribution in [3.8, 4) is 0 Å². The Hall–Kier alpha value is 0.750. The maximum atomic E-state index is 6.07. The lowest BCUT2D eigenvalue weighted by Gasteiger charge is -2.44. The normalized spacial score (nSPS) is 32.3. The highest BCUT2D eigenvalue weighted by atomic mass is 35.5. The Morgan fingerprint density at radius 3 is 1.96 bits per heavy atom. The van der Waals surface area contributed by atoms with Crippen LogP contribution in [0, 0.1) is 11.3 Å². The second kappa shape index (κ2) is 11.8. The fourth-order valence-corrected chi connectivity index (χ4v) is 6.14. The fourth-order valence-electron chi connectivity index (χ4n) is 6.14. The second-order valence-corrected chi connectivity index (χ2v) is 9.59. The molecule has 2 aliphatic carbocycles. The van der Waals surface area contributed by atoms with Gasteiger partial charge in [0.05, 0.1) is 0 Å². The smallest absolute Gasteiger partial charge is 0.00952 e. The molecular formula is C21H42Cl3N3. The molecule has 0 atom stereocenters. The predicted molar refractivity (Wildman–Crippen MR) is 123 cm³/mol. The van der Waals surface area contributed by atoms with Crippen molar-refractivity contribution in [1.82, 2.24) is 9.80 Å². The molecule has 27 heavy (non-hydrogen) atoms. The zero-order valence-electron chi connectivity index (χ0n) is 16.9. The monoisotopic (exact) mass is 441 g/mol. The highest BCUT2D eigenvalue weighted by Crippen LogP contribution is 2.42. The Labute approximate surface area is 185 Å². The zero-order valence-corrected chi connectivity index (χ0v) is 19.4. The van der Waals surface area contributed by atoms with E-state index in [0.717, 1.165) is 12.0 Å². The van der Waals surface area contributed by atoms with Crippen molar-refractivity contribution in [2.24, 2.45) is 17.1 Å². The molecule has 4 rings (SSSR count). The zero-order chi connectivity index (χ0) is 16.4. The first kappa shape index (κ1) is 25.8. The number of likely N-dealkylation sites (tertiary alicyclic amines) is 2. The SMILES string of the molecule is Cl.Cl.Cl.NC1CCC(CN2CCC3(CCN(C4CCCCC4)CC3)C2)CC1. The topological polar surface area (TPSA) is 32.5 Å². The molecule has 4 aliphatic rings. The number of nitrogens with two attached hydrogens (primary N) is 1. The molecule has 0 amide bonds. The van der Waals surface area contributed by atoms with Crippen molar-refractivity contribution < 1.29 is 0 Å². The van der Waals surface area contributed by atoms with Crippen molar-refractivity contribution in [3.63, 3.8) is 0 Å². The molecule has 0 unspecified atom stereocenters. The van der Waals surface area contributed by atoms with Crippen LogP contribution in [0.1, 0.15) is 77.0 Å². The average molecular weight is 443 g/mol. The van der Waals surface area contributed by atoms with Crippen LogP contribution in [-0.2, 0) is 0 Å². The van der Waals surface area contributed by atoms with Crippen molar-refractivity contribution >= 4 is 37.2 Å². The van der Waals surface area contributed by atoms with Crippen LogP contribution in [0.4, 0.5) is 0 Å². The van der Waals surface area contributed by atoms with Gasteiger partial charge in [-0.2, -0.15) is 0 Å². The molecule has 0 radical (unpaired) electrons. The van der Waals surface area contributed by atoms with Gasteiger partial charge in [-0.25, -0.2) is 0 Å². The van der Waals surface area contributed by atoms with E-state index in [1.165, 1.54) is 110 Å². The van der Waals surface area contributed by atoms with Crippen LogP contribution in [0.25, 0.3) is 0 Å². The van der Waals surface area contributed by atoms with Crippen molar-refractivity contribution in [1.29, 1.82) is 0 Å². The lowest BCUT2D eigenvalue weighted by Crippen LogP contribution is -2.47. The molecule has 2 heterocycles. The Morgan fingerprint density at radius 1 is 0.741 bits per heavy atom. The molecule has 2 saturated carbocycles. The van der Waals surface area contributed by atoms with Crippen molar-refractivity contribution in [2.75, 3.05) is 32.7 Å². The Morgan fingerprint density at radius 2 is 1.33 bits per heavy atom. The standard InChI is InChI=1S/C21H39N3.3ClH/c22-19-8-6-18(7-9-19)16-23-13-10-21(17-23)11-14-24(15-12-21)20-4-2-1-3-5-20;;;/h18-20H,1-17,22H2;3*1H. The molecular weight excluding hydrogens is 401 g/mol. The molecule has 0 aromatic heterocycles. The number of piperidine rings is 1. The van der Waals surface area contributed by atoms with E-state index in [9.17, 15) is 0 Å². The summed E-state index contributed by atoms with van der Waals surface area (Å²) in [4.78, 5) is 5.67. The van der Waals surface area contributed by atoms with Crippen LogP contribution in [0.3, 0.4) is 0 Å². The molecule has 6 heteroatoms. The second-order valence-electron chi connectivity index (χ2n) is 9.59. The van der Waals surface area contributed by atoms with Crippen molar-refractivity contribution in [2.45, 2.75) is 89.1 Å². The minimum Gasteiger partial charge on any atom is -0.328 e. The third kappa shape index (κ3) is 6.62. The number of nitrogens with zero attached hydrogens (tertiary/aromatic N) is 2. The Kier molecular flexibility index (Phi) is 11.3. The summed E-state index contributed by atoms with van der Waals surface area (Å²) in [7, 11) is 0. The highest BCUT2D eigenvalue weighted by Gasteiger charge is 2.42. The molecule has 2 saturated heterocycles. The van der Waals surface area contributed by atoms with Crippen molar-refractivity contribution in [3.05, 3.63) is 0 Å². The Bertz CT molecular complexity index is 401.